The average molecular weight is 172 g/mol. The van der Waals surface area contributed by atoms with Crippen LogP contribution in [0.15, 0.2) is 0 Å². The summed E-state index contributed by atoms with van der Waals surface area (Å²) >= 11 is 0. The second kappa shape index (κ2) is 4.83. The molecule has 0 radical (unpaired) electrons. The third-order valence-electron chi connectivity index (χ3n) is 2.80. The summed E-state index contributed by atoms with van der Waals surface area (Å²) in [5.41, 5.74) is 0. The fourth-order valence-electron chi connectivity index (χ4n) is 1.85. The summed E-state index contributed by atoms with van der Waals surface area (Å²) in [6.07, 6.45) is 3.05. The van der Waals surface area contributed by atoms with E-state index in [4.69, 9.17) is 4.74 Å². The summed E-state index contributed by atoms with van der Waals surface area (Å²) in [7, 11) is 0. The Hall–Kier alpha value is -0.0800. The summed E-state index contributed by atoms with van der Waals surface area (Å²) < 4.78 is 5.29. The van der Waals surface area contributed by atoms with Crippen LogP contribution in [0.4, 0.5) is 0 Å². The normalized spacial score (nSPS) is 28.8. The van der Waals surface area contributed by atoms with Gasteiger partial charge in [-0.1, -0.05) is 13.8 Å². The van der Waals surface area contributed by atoms with E-state index < -0.39 is 0 Å². The topological polar surface area (TPSA) is 29.5 Å². The maximum absolute atomic E-state index is 9.55. The van der Waals surface area contributed by atoms with Gasteiger partial charge in [-0.3, -0.25) is 0 Å². The Bertz CT molecular complexity index is 119. The van der Waals surface area contributed by atoms with Crippen LogP contribution in [0.5, 0.6) is 0 Å². The Morgan fingerprint density at radius 1 is 1.58 bits per heavy atom. The first-order chi connectivity index (χ1) is 5.74. The van der Waals surface area contributed by atoms with Gasteiger partial charge in [-0.15, -0.1) is 0 Å². The largest absolute Gasteiger partial charge is 0.393 e. The fourth-order valence-corrected chi connectivity index (χ4v) is 1.85. The first kappa shape index (κ1) is 10.0. The van der Waals surface area contributed by atoms with Crippen molar-refractivity contribution in [1.82, 2.24) is 0 Å². The molecule has 0 aromatic heterocycles. The number of aliphatic hydroxyl groups excluding tert-OH is 1. The van der Waals surface area contributed by atoms with Crippen molar-refractivity contribution in [2.24, 2.45) is 11.8 Å². The molecular formula is C10H20O2. The van der Waals surface area contributed by atoms with E-state index in [1.165, 1.54) is 6.42 Å². The highest BCUT2D eigenvalue weighted by atomic mass is 16.5. The van der Waals surface area contributed by atoms with Crippen molar-refractivity contribution in [2.75, 3.05) is 13.2 Å². The van der Waals surface area contributed by atoms with E-state index in [0.29, 0.717) is 11.8 Å². The molecular weight excluding hydrogens is 152 g/mol. The van der Waals surface area contributed by atoms with Crippen molar-refractivity contribution in [3.8, 4) is 0 Å². The molecule has 1 rings (SSSR count). The molecule has 0 amide bonds. The van der Waals surface area contributed by atoms with Gasteiger partial charge in [-0.25, -0.2) is 0 Å². The molecule has 1 aliphatic rings. The molecule has 72 valence electrons. The lowest BCUT2D eigenvalue weighted by Gasteiger charge is -2.19. The smallest absolute Gasteiger partial charge is 0.0563 e. The molecule has 0 aromatic carbocycles. The van der Waals surface area contributed by atoms with E-state index in [2.05, 4.69) is 6.92 Å². The van der Waals surface area contributed by atoms with Gasteiger partial charge in [-0.2, -0.15) is 0 Å². The molecule has 2 nitrogen and oxygen atoms in total. The third-order valence-corrected chi connectivity index (χ3v) is 2.80. The number of ether oxygens (including phenoxy) is 1. The molecule has 1 N–H and O–H groups in total. The van der Waals surface area contributed by atoms with Crippen LogP contribution in [0.25, 0.3) is 0 Å². The molecule has 0 saturated carbocycles. The first-order valence-corrected chi connectivity index (χ1v) is 4.99. The molecule has 12 heavy (non-hydrogen) atoms. The Morgan fingerprint density at radius 2 is 2.33 bits per heavy atom. The highest BCUT2D eigenvalue weighted by Crippen LogP contribution is 2.23. The highest BCUT2D eigenvalue weighted by Gasteiger charge is 2.21. The molecule has 1 saturated heterocycles. The van der Waals surface area contributed by atoms with E-state index in [9.17, 15) is 5.11 Å². The Balaban J connectivity index is 2.19. The van der Waals surface area contributed by atoms with Crippen LogP contribution >= 0.6 is 0 Å². The number of rotatable bonds is 4. The highest BCUT2D eigenvalue weighted by molar-refractivity contribution is 4.71. The van der Waals surface area contributed by atoms with Crippen molar-refractivity contribution in [3.05, 3.63) is 0 Å². The van der Waals surface area contributed by atoms with E-state index in [-0.39, 0.29) is 6.10 Å². The van der Waals surface area contributed by atoms with Crippen molar-refractivity contribution in [2.45, 2.75) is 39.2 Å². The second-order valence-electron chi connectivity index (χ2n) is 3.92. The molecule has 1 fully saturated rings. The quantitative estimate of drug-likeness (QED) is 0.701. The SMILES string of the molecule is CCC(O)C(C)CC1CCOC1. The maximum Gasteiger partial charge on any atom is 0.0563 e. The van der Waals surface area contributed by atoms with Gasteiger partial charge < -0.3 is 9.84 Å². The molecule has 0 spiro atoms. The van der Waals surface area contributed by atoms with Crippen LogP contribution in [0.2, 0.25) is 0 Å². The number of hydrogen-bond donors (Lipinski definition) is 1. The average Bonchev–Trinajstić information content (AvgIpc) is 2.55. The lowest BCUT2D eigenvalue weighted by molar-refractivity contribution is 0.0945. The fraction of sp³-hybridized carbons (Fsp3) is 1.00. The zero-order chi connectivity index (χ0) is 8.97. The summed E-state index contributed by atoms with van der Waals surface area (Å²) in [6.45, 7) is 5.99. The molecule has 0 bridgehead atoms. The van der Waals surface area contributed by atoms with Crippen molar-refractivity contribution >= 4 is 0 Å². The van der Waals surface area contributed by atoms with Gasteiger partial charge in [0.1, 0.15) is 0 Å². The minimum atomic E-state index is -0.120. The predicted octanol–water partition coefficient (Wildman–Crippen LogP) is 1.82. The lowest BCUT2D eigenvalue weighted by Crippen LogP contribution is -2.19. The van der Waals surface area contributed by atoms with Gasteiger partial charge >= 0.3 is 0 Å². The molecule has 1 heterocycles. The molecule has 2 heteroatoms. The molecule has 3 unspecified atom stereocenters. The zero-order valence-corrected chi connectivity index (χ0v) is 8.12. The van der Waals surface area contributed by atoms with Crippen LogP contribution in [0, 0.1) is 11.8 Å². The van der Waals surface area contributed by atoms with Crippen molar-refractivity contribution in [1.29, 1.82) is 0 Å². The van der Waals surface area contributed by atoms with Crippen LogP contribution in [-0.2, 0) is 4.74 Å². The standard InChI is InChI=1S/C10H20O2/c1-3-10(11)8(2)6-9-4-5-12-7-9/h8-11H,3-7H2,1-2H3. The number of hydrogen-bond acceptors (Lipinski definition) is 2. The van der Waals surface area contributed by atoms with E-state index in [1.807, 2.05) is 6.92 Å². The van der Waals surface area contributed by atoms with Crippen LogP contribution in [-0.4, -0.2) is 24.4 Å². The second-order valence-corrected chi connectivity index (χ2v) is 3.92. The zero-order valence-electron chi connectivity index (χ0n) is 8.12. The molecule has 0 aromatic rings. The van der Waals surface area contributed by atoms with E-state index in [1.54, 1.807) is 0 Å². The van der Waals surface area contributed by atoms with Gasteiger partial charge in [-0.05, 0) is 31.1 Å². The Morgan fingerprint density at radius 3 is 2.83 bits per heavy atom. The van der Waals surface area contributed by atoms with E-state index >= 15 is 0 Å². The van der Waals surface area contributed by atoms with Gasteiger partial charge in [0.15, 0.2) is 0 Å². The van der Waals surface area contributed by atoms with Gasteiger partial charge in [0.2, 0.25) is 0 Å². The van der Waals surface area contributed by atoms with Crippen LogP contribution in [0.1, 0.15) is 33.1 Å². The van der Waals surface area contributed by atoms with Crippen LogP contribution < -0.4 is 0 Å². The molecule has 0 aliphatic carbocycles. The van der Waals surface area contributed by atoms with Gasteiger partial charge in [0.25, 0.3) is 0 Å². The third kappa shape index (κ3) is 2.76. The minimum Gasteiger partial charge on any atom is -0.393 e. The predicted molar refractivity (Wildman–Crippen MR) is 49.0 cm³/mol. The van der Waals surface area contributed by atoms with E-state index in [0.717, 1.165) is 26.1 Å². The summed E-state index contributed by atoms with van der Waals surface area (Å²) in [5.74, 6) is 1.13. The number of aliphatic hydroxyl groups is 1. The summed E-state index contributed by atoms with van der Waals surface area (Å²) in [5, 5.41) is 9.55. The lowest BCUT2D eigenvalue weighted by atomic mass is 9.90. The van der Waals surface area contributed by atoms with Crippen molar-refractivity contribution in [3.63, 3.8) is 0 Å². The first-order valence-electron chi connectivity index (χ1n) is 4.99. The molecule has 3 atom stereocenters. The van der Waals surface area contributed by atoms with Crippen molar-refractivity contribution < 1.29 is 9.84 Å². The molecule has 1 aliphatic heterocycles. The Labute approximate surface area is 74.9 Å². The summed E-state index contributed by atoms with van der Waals surface area (Å²) in [4.78, 5) is 0. The Kier molecular flexibility index (Phi) is 4.02. The maximum atomic E-state index is 9.55. The summed E-state index contributed by atoms with van der Waals surface area (Å²) in [6, 6.07) is 0. The van der Waals surface area contributed by atoms with Gasteiger partial charge in [0, 0.05) is 13.2 Å². The monoisotopic (exact) mass is 172 g/mol. The van der Waals surface area contributed by atoms with Crippen LogP contribution in [0.3, 0.4) is 0 Å². The minimum absolute atomic E-state index is 0.120. The van der Waals surface area contributed by atoms with Gasteiger partial charge in [0.05, 0.1) is 6.10 Å².